The zero-order valence-corrected chi connectivity index (χ0v) is 17.3. The number of hydrogen-bond donors (Lipinski definition) is 0. The molecule has 0 saturated carbocycles. The number of piperazine rings is 1. The first kappa shape index (κ1) is 19.7. The Morgan fingerprint density at radius 1 is 1.00 bits per heavy atom. The fourth-order valence-corrected chi connectivity index (χ4v) is 3.93. The Bertz CT molecular complexity index is 1060. The lowest BCUT2D eigenvalue weighted by atomic mass is 10.0. The highest BCUT2D eigenvalue weighted by molar-refractivity contribution is 6.43. The van der Waals surface area contributed by atoms with Crippen LogP contribution in [0.4, 0.5) is 5.82 Å². The van der Waals surface area contributed by atoms with Crippen LogP contribution in [0.25, 0.3) is 10.8 Å². The first-order chi connectivity index (χ1) is 14.1. The lowest BCUT2D eigenvalue weighted by Crippen LogP contribution is -2.48. The molecule has 0 spiro atoms. The van der Waals surface area contributed by atoms with Gasteiger partial charge in [0.2, 0.25) is 5.91 Å². The van der Waals surface area contributed by atoms with E-state index in [1.54, 1.807) is 4.90 Å². The Morgan fingerprint density at radius 2 is 1.66 bits per heavy atom. The van der Waals surface area contributed by atoms with Crippen LogP contribution < -0.4 is 4.90 Å². The van der Waals surface area contributed by atoms with Crippen LogP contribution in [0, 0.1) is 0 Å². The van der Waals surface area contributed by atoms with Crippen molar-refractivity contribution in [2.45, 2.75) is 6.42 Å². The van der Waals surface area contributed by atoms with Crippen LogP contribution in [0.3, 0.4) is 0 Å². The Labute approximate surface area is 179 Å². The fraction of sp³-hybridized carbons (Fsp3) is 0.227. The molecule has 1 aromatic heterocycles. The minimum Gasteiger partial charge on any atom is -0.351 e. The molecule has 0 N–H and O–H groups in total. The average Bonchev–Trinajstić information content (AvgIpc) is 2.75. The molecule has 0 bridgehead atoms. The van der Waals surface area contributed by atoms with Crippen molar-refractivity contribution in [2.75, 3.05) is 31.1 Å². The fourth-order valence-electron chi connectivity index (χ4n) is 3.61. The molecule has 4 rings (SSSR count). The highest BCUT2D eigenvalue weighted by atomic mass is 35.5. The second kappa shape index (κ2) is 8.39. The van der Waals surface area contributed by atoms with E-state index in [9.17, 15) is 4.79 Å². The van der Waals surface area contributed by atoms with E-state index < -0.39 is 0 Å². The number of nitrogens with zero attached hydrogens (tertiary/aromatic N) is 4. The first-order valence-corrected chi connectivity index (χ1v) is 10.2. The molecule has 7 heteroatoms. The summed E-state index contributed by atoms with van der Waals surface area (Å²) in [4.78, 5) is 15.8. The van der Waals surface area contributed by atoms with Crippen LogP contribution in [-0.4, -0.2) is 47.2 Å². The molecule has 148 valence electrons. The summed E-state index contributed by atoms with van der Waals surface area (Å²) in [5.74, 6) is 0.717. The summed E-state index contributed by atoms with van der Waals surface area (Å²) in [7, 11) is 0. The van der Waals surface area contributed by atoms with Crippen molar-refractivity contribution in [2.24, 2.45) is 0 Å². The summed E-state index contributed by atoms with van der Waals surface area (Å²) < 4.78 is 0. The number of carbonyl (C=O) groups is 1. The molecular formula is C22H20Cl2N4O. The maximum absolute atomic E-state index is 11.9. The largest absolute Gasteiger partial charge is 0.351 e. The number of halogens is 2. The van der Waals surface area contributed by atoms with Crippen molar-refractivity contribution < 1.29 is 4.79 Å². The van der Waals surface area contributed by atoms with Gasteiger partial charge in [-0.1, -0.05) is 60.1 Å². The number of anilines is 1. The highest BCUT2D eigenvalue weighted by Crippen LogP contribution is 2.34. The van der Waals surface area contributed by atoms with Gasteiger partial charge in [0.1, 0.15) is 0 Å². The SMILES string of the molecule is C=CC(=O)N1CCN(c2nnc(Cc3ccccc3)c3cc(Cl)c(Cl)cc23)CC1. The summed E-state index contributed by atoms with van der Waals surface area (Å²) in [6.07, 6.45) is 2.01. The van der Waals surface area contributed by atoms with Crippen molar-refractivity contribution in [3.63, 3.8) is 0 Å². The minimum atomic E-state index is -0.0476. The lowest BCUT2D eigenvalue weighted by molar-refractivity contribution is -0.126. The molecule has 1 aliphatic rings. The van der Waals surface area contributed by atoms with E-state index in [0.29, 0.717) is 42.6 Å². The van der Waals surface area contributed by atoms with E-state index >= 15 is 0 Å². The standard InChI is InChI=1S/C22H20Cl2N4O/c1-2-21(29)27-8-10-28(11-9-27)22-17-14-19(24)18(23)13-16(17)20(25-26-22)12-15-6-4-3-5-7-15/h2-7,13-14H,1,8-12H2. The molecule has 1 aliphatic heterocycles. The second-order valence-corrected chi connectivity index (χ2v) is 7.78. The number of aromatic nitrogens is 2. The topological polar surface area (TPSA) is 49.3 Å². The third kappa shape index (κ3) is 4.07. The molecule has 1 amide bonds. The van der Waals surface area contributed by atoms with E-state index in [-0.39, 0.29) is 5.91 Å². The quantitative estimate of drug-likeness (QED) is 0.581. The number of benzene rings is 2. The predicted octanol–water partition coefficient (Wildman–Crippen LogP) is 4.36. The van der Waals surface area contributed by atoms with Crippen molar-refractivity contribution in [3.8, 4) is 0 Å². The Kier molecular flexibility index (Phi) is 5.69. The van der Waals surface area contributed by atoms with Crippen molar-refractivity contribution in [3.05, 3.63) is 76.4 Å². The number of carbonyl (C=O) groups excluding carboxylic acids is 1. The molecule has 1 fully saturated rings. The molecule has 0 unspecified atom stereocenters. The zero-order valence-electron chi connectivity index (χ0n) is 15.8. The summed E-state index contributed by atoms with van der Waals surface area (Å²) >= 11 is 12.7. The number of rotatable bonds is 4. The van der Waals surface area contributed by atoms with E-state index in [1.165, 1.54) is 6.08 Å². The van der Waals surface area contributed by atoms with Gasteiger partial charge in [-0.05, 0) is 23.8 Å². The Balaban J connectivity index is 1.71. The van der Waals surface area contributed by atoms with Gasteiger partial charge in [0.15, 0.2) is 5.82 Å². The van der Waals surface area contributed by atoms with Gasteiger partial charge in [0.05, 0.1) is 15.7 Å². The monoisotopic (exact) mass is 426 g/mol. The first-order valence-electron chi connectivity index (χ1n) is 9.41. The van der Waals surface area contributed by atoms with E-state index in [2.05, 4.69) is 33.8 Å². The molecule has 1 saturated heterocycles. The van der Waals surface area contributed by atoms with Gasteiger partial charge in [-0.2, -0.15) is 5.10 Å². The minimum absolute atomic E-state index is 0.0476. The maximum Gasteiger partial charge on any atom is 0.246 e. The third-order valence-corrected chi connectivity index (χ3v) is 5.88. The third-order valence-electron chi connectivity index (χ3n) is 5.16. The van der Waals surface area contributed by atoms with Crippen molar-refractivity contribution in [1.82, 2.24) is 15.1 Å². The Hall–Kier alpha value is -2.63. The van der Waals surface area contributed by atoms with Gasteiger partial charge >= 0.3 is 0 Å². The molecule has 0 atom stereocenters. The van der Waals surface area contributed by atoms with Crippen molar-refractivity contribution >= 4 is 45.7 Å². The van der Waals surface area contributed by atoms with Gasteiger partial charge in [-0.3, -0.25) is 4.79 Å². The van der Waals surface area contributed by atoms with Gasteiger partial charge in [0, 0.05) is 43.4 Å². The zero-order chi connectivity index (χ0) is 20.4. The molecule has 5 nitrogen and oxygen atoms in total. The van der Waals surface area contributed by atoms with Crippen LogP contribution in [0.2, 0.25) is 10.0 Å². The summed E-state index contributed by atoms with van der Waals surface area (Å²) in [5, 5.41) is 11.9. The summed E-state index contributed by atoms with van der Waals surface area (Å²) in [6, 6.07) is 13.9. The maximum atomic E-state index is 11.9. The smallest absolute Gasteiger partial charge is 0.246 e. The predicted molar refractivity (Wildman–Crippen MR) is 118 cm³/mol. The highest BCUT2D eigenvalue weighted by Gasteiger charge is 2.23. The van der Waals surface area contributed by atoms with Gasteiger partial charge in [-0.15, -0.1) is 5.10 Å². The van der Waals surface area contributed by atoms with E-state index in [1.807, 2.05) is 30.3 Å². The molecule has 3 aromatic rings. The normalized spacial score (nSPS) is 14.3. The van der Waals surface area contributed by atoms with Crippen LogP contribution in [0.15, 0.2) is 55.1 Å². The molecular weight excluding hydrogens is 407 g/mol. The molecule has 0 aliphatic carbocycles. The van der Waals surface area contributed by atoms with Crippen molar-refractivity contribution in [1.29, 1.82) is 0 Å². The van der Waals surface area contributed by atoms with E-state index in [0.717, 1.165) is 27.8 Å². The molecule has 2 heterocycles. The van der Waals surface area contributed by atoms with Crippen LogP contribution in [0.5, 0.6) is 0 Å². The van der Waals surface area contributed by atoms with Gasteiger partial charge < -0.3 is 9.80 Å². The lowest BCUT2D eigenvalue weighted by Gasteiger charge is -2.35. The number of hydrogen-bond acceptors (Lipinski definition) is 4. The average molecular weight is 427 g/mol. The van der Waals surface area contributed by atoms with Crippen LogP contribution in [0.1, 0.15) is 11.3 Å². The van der Waals surface area contributed by atoms with Gasteiger partial charge in [0.25, 0.3) is 0 Å². The molecule has 29 heavy (non-hydrogen) atoms. The summed E-state index contributed by atoms with van der Waals surface area (Å²) in [6.45, 7) is 6.12. The van der Waals surface area contributed by atoms with Crippen LogP contribution >= 0.6 is 23.2 Å². The van der Waals surface area contributed by atoms with E-state index in [4.69, 9.17) is 23.2 Å². The summed E-state index contributed by atoms with van der Waals surface area (Å²) in [5.41, 5.74) is 2.01. The number of amides is 1. The van der Waals surface area contributed by atoms with Gasteiger partial charge in [-0.25, -0.2) is 0 Å². The number of fused-ring (bicyclic) bond motifs is 1. The Morgan fingerprint density at radius 3 is 2.31 bits per heavy atom. The molecule has 2 aromatic carbocycles. The van der Waals surface area contributed by atoms with Crippen LogP contribution in [-0.2, 0) is 11.2 Å². The molecule has 0 radical (unpaired) electrons. The second-order valence-electron chi connectivity index (χ2n) is 6.96.